The van der Waals surface area contributed by atoms with Gasteiger partial charge >= 0.3 is 0 Å². The number of aromatic nitrogens is 3. The summed E-state index contributed by atoms with van der Waals surface area (Å²) in [7, 11) is 0. The third kappa shape index (κ3) is 3.83. The van der Waals surface area contributed by atoms with Crippen LogP contribution in [0.2, 0.25) is 0 Å². The van der Waals surface area contributed by atoms with Crippen LogP contribution in [0, 0.1) is 12.7 Å². The molecule has 0 radical (unpaired) electrons. The molecule has 4 aromatic rings. The van der Waals surface area contributed by atoms with Gasteiger partial charge in [-0.2, -0.15) is 0 Å². The first-order valence-electron chi connectivity index (χ1n) is 10.6. The van der Waals surface area contributed by atoms with Gasteiger partial charge in [0.25, 0.3) is 0 Å². The third-order valence-corrected chi connectivity index (χ3v) is 5.76. The lowest BCUT2D eigenvalue weighted by atomic mass is 10.1. The highest BCUT2D eigenvalue weighted by Crippen LogP contribution is 2.28. The van der Waals surface area contributed by atoms with Crippen molar-refractivity contribution in [3.05, 3.63) is 65.4 Å². The standard InChI is InChI=1S/C24H23FN4O2/c1-15-6-8-18-16(14-31-21(18)11-15)12-23(30)26-17-7-9-20(25)19(13-17)24-28-27-22-5-3-2-4-10-29(22)24/h6-9,11,13-14H,2-5,10,12H2,1H3,(H,26,30). The summed E-state index contributed by atoms with van der Waals surface area (Å²) in [6, 6.07) is 10.5. The molecule has 158 valence electrons. The van der Waals surface area contributed by atoms with Crippen LogP contribution < -0.4 is 5.32 Å². The summed E-state index contributed by atoms with van der Waals surface area (Å²) >= 11 is 0. The molecule has 0 aliphatic carbocycles. The van der Waals surface area contributed by atoms with E-state index in [9.17, 15) is 9.18 Å². The lowest BCUT2D eigenvalue weighted by molar-refractivity contribution is -0.115. The predicted octanol–water partition coefficient (Wildman–Crippen LogP) is 5.05. The van der Waals surface area contributed by atoms with Crippen molar-refractivity contribution in [3.63, 3.8) is 0 Å². The van der Waals surface area contributed by atoms with Gasteiger partial charge in [0.05, 0.1) is 18.2 Å². The number of nitrogens with one attached hydrogen (secondary N) is 1. The van der Waals surface area contributed by atoms with Gasteiger partial charge in [0.15, 0.2) is 5.82 Å². The largest absolute Gasteiger partial charge is 0.464 e. The minimum absolute atomic E-state index is 0.170. The highest BCUT2D eigenvalue weighted by Gasteiger charge is 2.19. The first kappa shape index (κ1) is 19.5. The van der Waals surface area contributed by atoms with E-state index in [1.807, 2.05) is 29.7 Å². The normalized spacial score (nSPS) is 13.7. The van der Waals surface area contributed by atoms with Gasteiger partial charge in [-0.15, -0.1) is 10.2 Å². The van der Waals surface area contributed by atoms with E-state index in [4.69, 9.17) is 4.42 Å². The molecule has 1 aliphatic rings. The molecule has 0 saturated heterocycles. The SMILES string of the molecule is Cc1ccc2c(CC(=O)Nc3ccc(F)c(-c4nnc5n4CCCCC5)c3)coc2c1. The summed E-state index contributed by atoms with van der Waals surface area (Å²) in [4.78, 5) is 12.7. The molecule has 1 N–H and O–H groups in total. The molecule has 0 saturated carbocycles. The van der Waals surface area contributed by atoms with E-state index in [1.54, 1.807) is 18.4 Å². The number of nitrogens with zero attached hydrogens (tertiary/aromatic N) is 3. The van der Waals surface area contributed by atoms with Crippen molar-refractivity contribution in [1.29, 1.82) is 0 Å². The van der Waals surface area contributed by atoms with Crippen molar-refractivity contribution in [2.75, 3.05) is 5.32 Å². The number of hydrogen-bond donors (Lipinski definition) is 1. The Kier molecular flexibility index (Phi) is 5.02. The summed E-state index contributed by atoms with van der Waals surface area (Å²) in [5, 5.41) is 12.3. The van der Waals surface area contributed by atoms with Crippen LogP contribution in [-0.4, -0.2) is 20.7 Å². The van der Waals surface area contributed by atoms with Crippen molar-refractivity contribution < 1.29 is 13.6 Å². The number of rotatable bonds is 4. The predicted molar refractivity (Wildman–Crippen MR) is 116 cm³/mol. The molecule has 2 aromatic heterocycles. The van der Waals surface area contributed by atoms with Crippen LogP contribution in [0.25, 0.3) is 22.4 Å². The number of halogens is 1. The molecular weight excluding hydrogens is 395 g/mol. The van der Waals surface area contributed by atoms with Gasteiger partial charge in [0.2, 0.25) is 5.91 Å². The lowest BCUT2D eigenvalue weighted by Crippen LogP contribution is -2.14. The molecule has 1 aliphatic heterocycles. The van der Waals surface area contributed by atoms with Crippen molar-refractivity contribution in [2.45, 2.75) is 45.6 Å². The van der Waals surface area contributed by atoms with Crippen molar-refractivity contribution in [2.24, 2.45) is 0 Å². The van der Waals surface area contributed by atoms with Crippen LogP contribution in [0.4, 0.5) is 10.1 Å². The molecule has 6 nitrogen and oxygen atoms in total. The zero-order chi connectivity index (χ0) is 21.4. The Bertz CT molecular complexity index is 1270. The second kappa shape index (κ2) is 7.98. The third-order valence-electron chi connectivity index (χ3n) is 5.76. The number of fused-ring (bicyclic) bond motifs is 2. The molecule has 2 aromatic carbocycles. The van der Waals surface area contributed by atoms with Crippen molar-refractivity contribution in [1.82, 2.24) is 14.8 Å². The number of aryl methyl sites for hydroxylation is 2. The molecular formula is C24H23FN4O2. The summed E-state index contributed by atoms with van der Waals surface area (Å²) in [6.45, 7) is 2.77. The number of hydrogen-bond acceptors (Lipinski definition) is 4. The van der Waals surface area contributed by atoms with Crippen LogP contribution in [-0.2, 0) is 24.2 Å². The Morgan fingerprint density at radius 3 is 2.97 bits per heavy atom. The molecule has 5 rings (SSSR count). The fourth-order valence-electron chi connectivity index (χ4n) is 4.16. The molecule has 0 fully saturated rings. The topological polar surface area (TPSA) is 73.0 Å². The van der Waals surface area contributed by atoms with Crippen molar-refractivity contribution in [3.8, 4) is 11.4 Å². The highest BCUT2D eigenvalue weighted by molar-refractivity contribution is 5.95. The molecule has 1 amide bonds. The molecule has 7 heteroatoms. The Labute approximate surface area is 179 Å². The van der Waals surface area contributed by atoms with Gasteiger partial charge in [-0.1, -0.05) is 18.6 Å². The smallest absolute Gasteiger partial charge is 0.228 e. The van der Waals surface area contributed by atoms with E-state index in [0.29, 0.717) is 17.1 Å². The minimum Gasteiger partial charge on any atom is -0.464 e. The van der Waals surface area contributed by atoms with Gasteiger partial charge in [0.1, 0.15) is 17.2 Å². The van der Waals surface area contributed by atoms with Gasteiger partial charge < -0.3 is 14.3 Å². The molecule has 3 heterocycles. The summed E-state index contributed by atoms with van der Waals surface area (Å²) in [5.41, 5.74) is 3.55. The van der Waals surface area contributed by atoms with E-state index in [-0.39, 0.29) is 18.1 Å². The molecule has 0 spiro atoms. The summed E-state index contributed by atoms with van der Waals surface area (Å²) in [6.07, 6.45) is 5.86. The molecule has 31 heavy (non-hydrogen) atoms. The Hall–Kier alpha value is -3.48. The van der Waals surface area contributed by atoms with Crippen LogP contribution >= 0.6 is 0 Å². The van der Waals surface area contributed by atoms with E-state index in [0.717, 1.165) is 60.1 Å². The van der Waals surface area contributed by atoms with E-state index in [2.05, 4.69) is 15.5 Å². The summed E-state index contributed by atoms with van der Waals surface area (Å²) in [5.74, 6) is 0.833. The number of anilines is 1. The average molecular weight is 418 g/mol. The number of benzene rings is 2. The number of carbonyl (C=O) groups is 1. The van der Waals surface area contributed by atoms with Crippen molar-refractivity contribution >= 4 is 22.6 Å². The Balaban J connectivity index is 1.38. The fraction of sp³-hybridized carbons (Fsp3) is 0.292. The molecule has 0 unspecified atom stereocenters. The van der Waals surface area contributed by atoms with Crippen LogP contribution in [0.15, 0.2) is 47.1 Å². The van der Waals surface area contributed by atoms with Gasteiger partial charge in [-0.05, 0) is 49.6 Å². The first-order chi connectivity index (χ1) is 15.1. The number of furan rings is 1. The maximum atomic E-state index is 14.6. The van der Waals surface area contributed by atoms with Crippen LogP contribution in [0.5, 0.6) is 0 Å². The quantitative estimate of drug-likeness (QED) is 0.504. The Morgan fingerprint density at radius 2 is 2.06 bits per heavy atom. The molecule has 0 atom stereocenters. The first-order valence-corrected chi connectivity index (χ1v) is 10.6. The van der Waals surface area contributed by atoms with E-state index < -0.39 is 0 Å². The second-order valence-corrected chi connectivity index (χ2v) is 8.08. The number of amides is 1. The van der Waals surface area contributed by atoms with E-state index in [1.165, 1.54) is 6.07 Å². The highest BCUT2D eigenvalue weighted by atomic mass is 19.1. The maximum Gasteiger partial charge on any atom is 0.228 e. The fourth-order valence-corrected chi connectivity index (χ4v) is 4.16. The zero-order valence-electron chi connectivity index (χ0n) is 17.3. The van der Waals surface area contributed by atoms with E-state index >= 15 is 0 Å². The van der Waals surface area contributed by atoms with Crippen LogP contribution in [0.3, 0.4) is 0 Å². The molecule has 0 bridgehead atoms. The van der Waals surface area contributed by atoms with Gasteiger partial charge in [-0.3, -0.25) is 4.79 Å². The summed E-state index contributed by atoms with van der Waals surface area (Å²) < 4.78 is 22.2. The average Bonchev–Trinajstić information content (AvgIpc) is 3.25. The zero-order valence-corrected chi connectivity index (χ0v) is 17.3. The second-order valence-electron chi connectivity index (χ2n) is 8.08. The van der Waals surface area contributed by atoms with Gasteiger partial charge in [0, 0.05) is 29.6 Å². The lowest BCUT2D eigenvalue weighted by Gasteiger charge is -2.10. The number of carbonyl (C=O) groups excluding carboxylic acids is 1. The monoisotopic (exact) mass is 418 g/mol. The maximum absolute atomic E-state index is 14.6. The minimum atomic E-state index is -0.381. The van der Waals surface area contributed by atoms with Crippen LogP contribution in [0.1, 0.15) is 36.2 Å². The van der Waals surface area contributed by atoms with Gasteiger partial charge in [-0.25, -0.2) is 4.39 Å². The Morgan fingerprint density at radius 1 is 1.16 bits per heavy atom.